The molecule has 0 saturated carbocycles. The van der Waals surface area contributed by atoms with Crippen molar-refractivity contribution in [2.24, 2.45) is 9.98 Å². The highest BCUT2D eigenvalue weighted by Crippen LogP contribution is 2.47. The molecule has 11 rings (SSSR count). The first kappa shape index (κ1) is 42.8. The Bertz CT molecular complexity index is 3840. The number of carbonyl (C=O) groups is 4. The summed E-state index contributed by atoms with van der Waals surface area (Å²) in [6.07, 6.45) is -1.47. The average molecular weight is 947 g/mol. The lowest BCUT2D eigenvalue weighted by Gasteiger charge is -2.09. The van der Waals surface area contributed by atoms with Crippen LogP contribution in [-0.2, 0) is 22.7 Å². The smallest absolute Gasteiger partial charge is 0.419 e. The topological polar surface area (TPSA) is 216 Å². The number of nitriles is 4. The number of ether oxygens (including phenoxy) is 2. The first-order valence-electron chi connectivity index (χ1n) is 21.2. The van der Waals surface area contributed by atoms with Crippen molar-refractivity contribution in [1.29, 1.82) is 21.0 Å². The highest BCUT2D eigenvalue weighted by atomic mass is 32.1. The fraction of sp³-hybridized carbons (Fsp3) is 0.0370. The summed E-state index contributed by atoms with van der Waals surface area (Å²) in [6, 6.07) is 46.0. The van der Waals surface area contributed by atoms with Gasteiger partial charge < -0.3 is 9.47 Å². The zero-order chi connectivity index (χ0) is 48.2. The van der Waals surface area contributed by atoms with E-state index in [1.165, 1.54) is 9.13 Å². The van der Waals surface area contributed by atoms with E-state index in [1.807, 2.05) is 84.9 Å². The third-order valence-electron chi connectivity index (χ3n) is 11.9. The second kappa shape index (κ2) is 17.1. The van der Waals surface area contributed by atoms with Gasteiger partial charge in [-0.1, -0.05) is 109 Å². The van der Waals surface area contributed by atoms with E-state index in [0.29, 0.717) is 64.5 Å². The number of rotatable bonds is 6. The van der Waals surface area contributed by atoms with E-state index in [2.05, 4.69) is 0 Å². The van der Waals surface area contributed by atoms with Crippen molar-refractivity contribution in [2.75, 3.05) is 0 Å². The van der Waals surface area contributed by atoms with Crippen LogP contribution in [0.3, 0.4) is 0 Å². The Morgan fingerprint density at radius 3 is 1.21 bits per heavy atom. The van der Waals surface area contributed by atoms with E-state index < -0.39 is 23.8 Å². The summed E-state index contributed by atoms with van der Waals surface area (Å²) in [4.78, 5) is 66.2. The van der Waals surface area contributed by atoms with Gasteiger partial charge in [-0.05, 0) is 46.5 Å². The molecule has 2 aliphatic carbocycles. The van der Waals surface area contributed by atoms with E-state index in [1.54, 1.807) is 72.8 Å². The van der Waals surface area contributed by atoms with Crippen molar-refractivity contribution in [3.8, 4) is 24.3 Å². The molecule has 70 heavy (non-hydrogen) atoms. The van der Waals surface area contributed by atoms with Gasteiger partial charge in [-0.15, -0.1) is 22.7 Å². The van der Waals surface area contributed by atoms with Crippen molar-refractivity contribution in [3.05, 3.63) is 178 Å². The van der Waals surface area contributed by atoms with Gasteiger partial charge in [0.05, 0.1) is 31.5 Å². The molecule has 4 heterocycles. The highest BCUT2D eigenvalue weighted by molar-refractivity contribution is 7.24. The van der Waals surface area contributed by atoms with Crippen molar-refractivity contribution in [1.82, 2.24) is 9.13 Å². The molecule has 9 aromatic rings. The number of thiophene rings is 2. The predicted molar refractivity (Wildman–Crippen MR) is 264 cm³/mol. The summed E-state index contributed by atoms with van der Waals surface area (Å²) in [5.74, 6) is -0.936. The van der Waals surface area contributed by atoms with Crippen LogP contribution in [0.1, 0.15) is 43.0 Å². The second-order valence-electron chi connectivity index (χ2n) is 15.9. The first-order valence-corrected chi connectivity index (χ1v) is 22.9. The average Bonchev–Trinajstić information content (AvgIpc) is 4.23. The normalized spacial score (nSPS) is 13.9. The van der Waals surface area contributed by atoms with Gasteiger partial charge in [-0.2, -0.15) is 21.0 Å². The molecule has 0 fully saturated rings. The third kappa shape index (κ3) is 6.88. The number of carbonyl (C=O) groups excluding carboxylic acids is 4. The predicted octanol–water partition coefficient (Wildman–Crippen LogP) is 11.9. The van der Waals surface area contributed by atoms with E-state index in [-0.39, 0.29) is 56.9 Å². The number of nitrogens with zero attached hydrogens (tertiary/aromatic N) is 8. The van der Waals surface area contributed by atoms with Crippen LogP contribution >= 0.6 is 22.7 Å². The largest absolute Gasteiger partial charge is 0.444 e. The number of benzene rings is 5. The molecule has 4 aromatic heterocycles. The summed E-state index contributed by atoms with van der Waals surface area (Å²) in [6.45, 7) is -0.121. The molecule has 0 unspecified atom stereocenters. The summed E-state index contributed by atoms with van der Waals surface area (Å²) in [5, 5.41) is 41.4. The molecular weight excluding hydrogens is 921 g/mol. The fourth-order valence-corrected chi connectivity index (χ4v) is 10.9. The van der Waals surface area contributed by atoms with Crippen LogP contribution in [0.4, 0.5) is 19.6 Å². The molecule has 0 amide bonds. The molecule has 16 heteroatoms. The Balaban J connectivity index is 1.13. The molecule has 0 radical (unpaired) electrons. The third-order valence-corrected chi connectivity index (χ3v) is 14.0. The lowest BCUT2D eigenvalue weighted by atomic mass is 10.0. The van der Waals surface area contributed by atoms with E-state index >= 15 is 0 Å². The van der Waals surface area contributed by atoms with Crippen molar-refractivity contribution in [2.45, 2.75) is 13.2 Å². The van der Waals surface area contributed by atoms with Gasteiger partial charge in [0.25, 0.3) is 0 Å². The van der Waals surface area contributed by atoms with Crippen LogP contribution in [-0.4, -0.2) is 44.3 Å². The van der Waals surface area contributed by atoms with Crippen LogP contribution in [0.25, 0.3) is 53.4 Å². The minimum atomic E-state index is -0.734. The number of hydrogen-bond donors (Lipinski definition) is 0. The van der Waals surface area contributed by atoms with E-state index in [9.17, 15) is 40.2 Å². The molecule has 14 nitrogen and oxygen atoms in total. The molecule has 2 aliphatic rings. The van der Waals surface area contributed by atoms with Crippen molar-refractivity contribution >= 4 is 121 Å². The minimum Gasteiger partial charge on any atom is -0.444 e. The van der Waals surface area contributed by atoms with Crippen LogP contribution in [0, 0.1) is 45.3 Å². The number of ketones is 2. The van der Waals surface area contributed by atoms with Crippen LogP contribution in [0.2, 0.25) is 0 Å². The molecule has 330 valence electrons. The van der Waals surface area contributed by atoms with Crippen LogP contribution < -0.4 is 0 Å². The number of Topliss-reactive ketones (excluding diaryl/α,β-unsaturated/α-hetero) is 2. The second-order valence-corrected chi connectivity index (χ2v) is 17.9. The fourth-order valence-electron chi connectivity index (χ4n) is 8.85. The maximum atomic E-state index is 14.5. The summed E-state index contributed by atoms with van der Waals surface area (Å²) < 4.78 is 15.8. The number of allylic oxidation sites excluding steroid dienone is 4. The van der Waals surface area contributed by atoms with Gasteiger partial charge in [0.1, 0.15) is 70.1 Å². The van der Waals surface area contributed by atoms with Gasteiger partial charge in [0, 0.05) is 33.0 Å². The maximum Gasteiger partial charge on any atom is 0.419 e. The number of aromatic nitrogens is 2. The molecule has 0 aliphatic heterocycles. The Morgan fingerprint density at radius 1 is 0.486 bits per heavy atom. The molecule has 0 saturated heterocycles. The van der Waals surface area contributed by atoms with E-state index in [4.69, 9.17) is 19.5 Å². The molecule has 0 atom stereocenters. The van der Waals surface area contributed by atoms with Crippen molar-refractivity contribution in [3.63, 3.8) is 0 Å². The maximum absolute atomic E-state index is 14.5. The van der Waals surface area contributed by atoms with Crippen LogP contribution in [0.15, 0.2) is 155 Å². The quantitative estimate of drug-likeness (QED) is 0.144. The molecule has 5 aromatic carbocycles. The lowest BCUT2D eigenvalue weighted by molar-refractivity contribution is 0.106. The Labute approximate surface area is 403 Å². The zero-order valence-corrected chi connectivity index (χ0v) is 37.6. The van der Waals surface area contributed by atoms with Gasteiger partial charge in [-0.25, -0.2) is 28.7 Å². The van der Waals surface area contributed by atoms with Crippen molar-refractivity contribution < 1.29 is 28.7 Å². The van der Waals surface area contributed by atoms with Gasteiger partial charge >= 0.3 is 12.2 Å². The Hall–Kier alpha value is -9.84. The minimum absolute atomic E-state index is 0.0603. The Morgan fingerprint density at radius 2 is 0.843 bits per heavy atom. The monoisotopic (exact) mass is 946 g/mol. The van der Waals surface area contributed by atoms with Gasteiger partial charge in [-0.3, -0.25) is 9.59 Å². The standard InChI is InChI=1S/C54H26N8O6S2/c55-23-31(24-56)45-33-15-7-9-17-35(33)49(63)47(45)59-43-21-41-51(69-43)37-20-40-38(19-39(37)61(41)53(65)67-27-29-11-3-1-4-12-29)52-42(62(40)54(66)68-28-30-13-5-2-6-14-30)22-44(70-52)60-48-46(32(25-57)26-58)34-16-8-10-18-36(34)50(48)64/h1-22H,27-28H2/b59-47-,60-48-. The van der Waals surface area contributed by atoms with Crippen LogP contribution in [0.5, 0.6) is 0 Å². The molecule has 0 bridgehead atoms. The molecule has 0 spiro atoms. The molecule has 0 N–H and O–H groups in total. The highest BCUT2D eigenvalue weighted by Gasteiger charge is 2.36. The van der Waals surface area contributed by atoms with Gasteiger partial charge in [0.15, 0.2) is 0 Å². The SMILES string of the molecule is N#CC(C#N)=C1/C(=N/c2cc3c(s2)c2cc4c(cc2n3C(=O)OCc2ccccc2)c2sc(/N=C3\C(=O)c5ccccc5C3=C(C#N)C#N)cc2n4C(=O)OCc2ccccc2)C(=O)c2ccccc21. The lowest BCUT2D eigenvalue weighted by Crippen LogP contribution is -2.14. The summed E-state index contributed by atoms with van der Waals surface area (Å²) in [5.41, 5.74) is 3.93. The number of hydrogen-bond acceptors (Lipinski definition) is 14. The summed E-state index contributed by atoms with van der Waals surface area (Å²) in [7, 11) is 0. The summed E-state index contributed by atoms with van der Waals surface area (Å²) >= 11 is 2.31. The number of fused-ring (bicyclic) bond motifs is 8. The van der Waals surface area contributed by atoms with Gasteiger partial charge in [0.2, 0.25) is 11.6 Å². The van der Waals surface area contributed by atoms with E-state index in [0.717, 1.165) is 33.8 Å². The first-order chi connectivity index (χ1) is 34.2. The Kier molecular flexibility index (Phi) is 10.5. The molecular formula is C54H26N8O6S2. The zero-order valence-electron chi connectivity index (χ0n) is 36.0. The number of aliphatic imine (C=N–C) groups is 2.